The lowest BCUT2D eigenvalue weighted by Gasteiger charge is -2.34. The van der Waals surface area contributed by atoms with Crippen LogP contribution < -0.4 is 0 Å². The molecule has 0 aliphatic carbocycles. The highest BCUT2D eigenvalue weighted by molar-refractivity contribution is 9.11. The number of morpholine rings is 1. The zero-order chi connectivity index (χ0) is 15.4. The van der Waals surface area contributed by atoms with Gasteiger partial charge in [-0.2, -0.15) is 0 Å². The van der Waals surface area contributed by atoms with E-state index >= 15 is 0 Å². The summed E-state index contributed by atoms with van der Waals surface area (Å²) in [6.45, 7) is 1.98. The summed E-state index contributed by atoms with van der Waals surface area (Å²) in [4.78, 5) is 27.2. The number of thiophene rings is 1. The average Bonchev–Trinajstić information content (AvgIpc) is 2.84. The highest BCUT2D eigenvalue weighted by Gasteiger charge is 2.26. The first-order valence-corrected chi connectivity index (χ1v) is 8.13. The SMILES string of the molecule is CN(CC(=O)O)CC1CN(C(=O)c2ccc(Br)s2)CCO1. The highest BCUT2D eigenvalue weighted by Crippen LogP contribution is 2.24. The van der Waals surface area contributed by atoms with Crippen LogP contribution in [0.3, 0.4) is 0 Å². The second kappa shape index (κ2) is 7.35. The Labute approximate surface area is 135 Å². The van der Waals surface area contributed by atoms with Crippen molar-refractivity contribution in [2.75, 3.05) is 39.8 Å². The Balaban J connectivity index is 1.91. The smallest absolute Gasteiger partial charge is 0.317 e. The minimum Gasteiger partial charge on any atom is -0.480 e. The molecule has 2 heterocycles. The van der Waals surface area contributed by atoms with Gasteiger partial charge in [0.1, 0.15) is 0 Å². The molecule has 116 valence electrons. The largest absolute Gasteiger partial charge is 0.480 e. The molecule has 21 heavy (non-hydrogen) atoms. The molecular formula is C13H17BrN2O4S. The van der Waals surface area contributed by atoms with Crippen molar-refractivity contribution in [1.82, 2.24) is 9.80 Å². The van der Waals surface area contributed by atoms with Crippen LogP contribution in [-0.4, -0.2) is 72.7 Å². The van der Waals surface area contributed by atoms with Crippen LogP contribution in [0.5, 0.6) is 0 Å². The molecule has 0 spiro atoms. The standard InChI is InChI=1S/C13H17BrN2O4S/c1-15(8-12(17)18)6-9-7-16(4-5-20-9)13(19)10-2-3-11(14)21-10/h2-3,9H,4-8H2,1H3,(H,17,18). The van der Waals surface area contributed by atoms with Gasteiger partial charge in [0.2, 0.25) is 0 Å². The Morgan fingerprint density at radius 3 is 2.95 bits per heavy atom. The van der Waals surface area contributed by atoms with E-state index in [-0.39, 0.29) is 18.6 Å². The van der Waals surface area contributed by atoms with Gasteiger partial charge in [-0.25, -0.2) is 0 Å². The van der Waals surface area contributed by atoms with E-state index in [4.69, 9.17) is 9.84 Å². The summed E-state index contributed by atoms with van der Waals surface area (Å²) in [5, 5.41) is 8.75. The monoisotopic (exact) mass is 376 g/mol. The van der Waals surface area contributed by atoms with Crippen molar-refractivity contribution in [1.29, 1.82) is 0 Å². The maximum Gasteiger partial charge on any atom is 0.317 e. The summed E-state index contributed by atoms with van der Waals surface area (Å²) < 4.78 is 6.54. The van der Waals surface area contributed by atoms with Gasteiger partial charge in [-0.1, -0.05) is 0 Å². The fourth-order valence-corrected chi connectivity index (χ4v) is 3.60. The van der Waals surface area contributed by atoms with E-state index in [1.807, 2.05) is 6.07 Å². The molecule has 1 aromatic rings. The zero-order valence-corrected chi connectivity index (χ0v) is 14.0. The van der Waals surface area contributed by atoms with Crippen LogP contribution in [0.25, 0.3) is 0 Å². The molecule has 1 amide bonds. The Kier molecular flexibility index (Phi) is 5.74. The maximum absolute atomic E-state index is 12.4. The van der Waals surface area contributed by atoms with E-state index < -0.39 is 5.97 Å². The van der Waals surface area contributed by atoms with E-state index in [1.165, 1.54) is 11.3 Å². The number of hydrogen-bond acceptors (Lipinski definition) is 5. The quantitative estimate of drug-likeness (QED) is 0.840. The van der Waals surface area contributed by atoms with E-state index in [0.717, 1.165) is 3.79 Å². The van der Waals surface area contributed by atoms with Gasteiger partial charge >= 0.3 is 5.97 Å². The number of hydrogen-bond donors (Lipinski definition) is 1. The fraction of sp³-hybridized carbons (Fsp3) is 0.538. The topological polar surface area (TPSA) is 70.1 Å². The van der Waals surface area contributed by atoms with Crippen molar-refractivity contribution >= 4 is 39.1 Å². The normalized spacial score (nSPS) is 19.0. The lowest BCUT2D eigenvalue weighted by atomic mass is 10.2. The van der Waals surface area contributed by atoms with Crippen LogP contribution in [0.4, 0.5) is 0 Å². The second-order valence-electron chi connectivity index (χ2n) is 4.94. The molecule has 6 nitrogen and oxygen atoms in total. The second-order valence-corrected chi connectivity index (χ2v) is 7.40. The third-order valence-corrected chi connectivity index (χ3v) is 4.74. The summed E-state index contributed by atoms with van der Waals surface area (Å²) in [6, 6.07) is 3.66. The van der Waals surface area contributed by atoms with Crippen LogP contribution in [-0.2, 0) is 9.53 Å². The van der Waals surface area contributed by atoms with Crippen LogP contribution >= 0.6 is 27.3 Å². The molecule has 1 aliphatic rings. The molecule has 1 N–H and O–H groups in total. The molecule has 1 unspecified atom stereocenters. The molecule has 1 aliphatic heterocycles. The minimum atomic E-state index is -0.871. The third-order valence-electron chi connectivity index (χ3n) is 3.13. The van der Waals surface area contributed by atoms with Crippen molar-refractivity contribution in [3.05, 3.63) is 20.8 Å². The molecule has 0 bridgehead atoms. The third kappa shape index (κ3) is 4.77. The molecule has 1 atom stereocenters. The Hall–Kier alpha value is -0.960. The van der Waals surface area contributed by atoms with Crippen molar-refractivity contribution in [2.24, 2.45) is 0 Å². The molecule has 2 rings (SSSR count). The van der Waals surface area contributed by atoms with Gasteiger partial charge in [0.15, 0.2) is 0 Å². The fourth-order valence-electron chi connectivity index (χ4n) is 2.24. The van der Waals surface area contributed by atoms with Gasteiger partial charge in [-0.05, 0) is 35.1 Å². The predicted molar refractivity (Wildman–Crippen MR) is 82.8 cm³/mol. The van der Waals surface area contributed by atoms with Gasteiger partial charge in [-0.15, -0.1) is 11.3 Å². The van der Waals surface area contributed by atoms with Gasteiger partial charge < -0.3 is 14.7 Å². The number of halogens is 1. The Bertz CT molecular complexity index is 522. The molecule has 0 saturated carbocycles. The van der Waals surface area contributed by atoms with Crippen molar-refractivity contribution in [3.63, 3.8) is 0 Å². The van der Waals surface area contributed by atoms with Gasteiger partial charge in [-0.3, -0.25) is 14.5 Å². The lowest BCUT2D eigenvalue weighted by Crippen LogP contribution is -2.49. The van der Waals surface area contributed by atoms with E-state index in [0.29, 0.717) is 31.1 Å². The van der Waals surface area contributed by atoms with Gasteiger partial charge in [0.05, 0.1) is 27.9 Å². The number of ether oxygens (including phenoxy) is 1. The number of aliphatic carboxylic acids is 1. The molecular weight excluding hydrogens is 360 g/mol. The number of amides is 1. The van der Waals surface area contributed by atoms with E-state index in [1.54, 1.807) is 22.9 Å². The molecule has 1 saturated heterocycles. The van der Waals surface area contributed by atoms with Gasteiger partial charge in [0.25, 0.3) is 5.91 Å². The number of carboxylic acids is 1. The van der Waals surface area contributed by atoms with Crippen LogP contribution in [0.15, 0.2) is 15.9 Å². The van der Waals surface area contributed by atoms with E-state index in [9.17, 15) is 9.59 Å². The lowest BCUT2D eigenvalue weighted by molar-refractivity contribution is -0.138. The summed E-state index contributed by atoms with van der Waals surface area (Å²) in [5.41, 5.74) is 0. The Morgan fingerprint density at radius 1 is 1.57 bits per heavy atom. The minimum absolute atomic E-state index is 0.000104. The summed E-state index contributed by atoms with van der Waals surface area (Å²) in [6.07, 6.45) is -0.157. The maximum atomic E-state index is 12.4. The van der Waals surface area contributed by atoms with Gasteiger partial charge in [0, 0.05) is 19.6 Å². The van der Waals surface area contributed by atoms with Crippen LogP contribution in [0.2, 0.25) is 0 Å². The summed E-state index contributed by atoms with van der Waals surface area (Å²) >= 11 is 4.76. The first-order chi connectivity index (χ1) is 9.95. The molecule has 0 radical (unpaired) electrons. The van der Waals surface area contributed by atoms with Crippen molar-refractivity contribution in [3.8, 4) is 0 Å². The number of carbonyl (C=O) groups is 2. The molecule has 0 aromatic carbocycles. The number of carboxylic acid groups (broad SMARTS) is 1. The average molecular weight is 377 g/mol. The number of carbonyl (C=O) groups excluding carboxylic acids is 1. The summed E-state index contributed by atoms with van der Waals surface area (Å²) in [7, 11) is 1.73. The van der Waals surface area contributed by atoms with E-state index in [2.05, 4.69) is 15.9 Å². The van der Waals surface area contributed by atoms with Crippen molar-refractivity contribution < 1.29 is 19.4 Å². The Morgan fingerprint density at radius 2 is 2.33 bits per heavy atom. The predicted octanol–water partition coefficient (Wildman–Crippen LogP) is 1.37. The highest BCUT2D eigenvalue weighted by atomic mass is 79.9. The molecule has 8 heteroatoms. The molecule has 1 aromatic heterocycles. The number of likely N-dealkylation sites (N-methyl/N-ethyl adjacent to an activating group) is 1. The van der Waals surface area contributed by atoms with Crippen LogP contribution in [0, 0.1) is 0 Å². The number of nitrogens with zero attached hydrogens (tertiary/aromatic N) is 2. The first kappa shape index (κ1) is 16.4. The zero-order valence-electron chi connectivity index (χ0n) is 11.6. The molecule has 1 fully saturated rings. The summed E-state index contributed by atoms with van der Waals surface area (Å²) in [5.74, 6) is -0.871. The first-order valence-electron chi connectivity index (χ1n) is 6.52. The van der Waals surface area contributed by atoms with Crippen LogP contribution in [0.1, 0.15) is 9.67 Å². The van der Waals surface area contributed by atoms with Crippen molar-refractivity contribution in [2.45, 2.75) is 6.10 Å². The number of rotatable bonds is 5.